The topological polar surface area (TPSA) is 83.5 Å². The molecule has 0 aromatic heterocycles. The highest BCUT2D eigenvalue weighted by Crippen LogP contribution is 2.31. The Hall–Kier alpha value is -2.34. The minimum absolute atomic E-state index is 0.00854. The van der Waals surface area contributed by atoms with Crippen LogP contribution in [0.4, 0.5) is 5.69 Å². The molecule has 0 amide bonds. The molecule has 0 bridgehead atoms. The van der Waals surface area contributed by atoms with Gasteiger partial charge in [0, 0.05) is 0 Å². The summed E-state index contributed by atoms with van der Waals surface area (Å²) in [5.74, 6) is -0.703. The van der Waals surface area contributed by atoms with Gasteiger partial charge in [0.15, 0.2) is 5.78 Å². The van der Waals surface area contributed by atoms with Crippen LogP contribution in [0.25, 0.3) is 0 Å². The molecule has 0 aliphatic carbocycles. The van der Waals surface area contributed by atoms with E-state index in [2.05, 4.69) is 4.72 Å². The number of phenolic OH excluding ortho intramolecular Hbond substituents is 1. The summed E-state index contributed by atoms with van der Waals surface area (Å²) in [6.45, 7) is 4.89. The van der Waals surface area contributed by atoms with Crippen molar-refractivity contribution in [3.63, 3.8) is 0 Å². The summed E-state index contributed by atoms with van der Waals surface area (Å²) in [4.78, 5) is 11.6. The number of benzene rings is 2. The highest BCUT2D eigenvalue weighted by Gasteiger charge is 2.19. The average molecular weight is 319 g/mol. The van der Waals surface area contributed by atoms with Crippen LogP contribution in [0.5, 0.6) is 5.75 Å². The molecule has 2 rings (SSSR count). The molecule has 0 aliphatic rings. The van der Waals surface area contributed by atoms with E-state index in [4.69, 9.17) is 0 Å². The van der Waals surface area contributed by atoms with Gasteiger partial charge in [-0.1, -0.05) is 17.7 Å². The van der Waals surface area contributed by atoms with E-state index in [1.54, 1.807) is 19.1 Å². The van der Waals surface area contributed by atoms with Gasteiger partial charge in [0.05, 0.1) is 16.1 Å². The second kappa shape index (κ2) is 5.81. The number of sulfonamides is 1. The molecule has 5 nitrogen and oxygen atoms in total. The van der Waals surface area contributed by atoms with E-state index in [9.17, 15) is 18.3 Å². The Morgan fingerprint density at radius 2 is 1.64 bits per heavy atom. The summed E-state index contributed by atoms with van der Waals surface area (Å²) in [6.07, 6.45) is 0. The molecule has 116 valence electrons. The van der Waals surface area contributed by atoms with E-state index in [1.165, 1.54) is 31.2 Å². The number of phenols is 1. The SMILES string of the molecule is CC(=O)c1cc(C)cc(NS(=O)(=O)c2ccc(C)cc2)c1O. The number of ketones is 1. The van der Waals surface area contributed by atoms with Crippen molar-refractivity contribution < 1.29 is 18.3 Å². The van der Waals surface area contributed by atoms with Crippen LogP contribution in [0.2, 0.25) is 0 Å². The lowest BCUT2D eigenvalue weighted by Gasteiger charge is -2.13. The van der Waals surface area contributed by atoms with Gasteiger partial charge in [-0.25, -0.2) is 8.42 Å². The van der Waals surface area contributed by atoms with Crippen LogP contribution in [0, 0.1) is 13.8 Å². The molecule has 0 unspecified atom stereocenters. The van der Waals surface area contributed by atoms with Crippen molar-refractivity contribution in [1.29, 1.82) is 0 Å². The van der Waals surface area contributed by atoms with Gasteiger partial charge in [-0.2, -0.15) is 0 Å². The zero-order chi connectivity index (χ0) is 16.5. The third-order valence-corrected chi connectivity index (χ3v) is 4.59. The summed E-state index contributed by atoms with van der Waals surface area (Å²) >= 11 is 0. The Kier molecular flexibility index (Phi) is 4.23. The van der Waals surface area contributed by atoms with E-state index < -0.39 is 10.0 Å². The molecule has 0 spiro atoms. The first-order valence-corrected chi connectivity index (χ1v) is 8.13. The molecular formula is C16H17NO4S. The third kappa shape index (κ3) is 3.28. The van der Waals surface area contributed by atoms with Crippen LogP contribution in [0.3, 0.4) is 0 Å². The fraction of sp³-hybridized carbons (Fsp3) is 0.188. The van der Waals surface area contributed by atoms with Crippen molar-refractivity contribution >= 4 is 21.5 Å². The molecular weight excluding hydrogens is 302 g/mol. The lowest BCUT2D eigenvalue weighted by Crippen LogP contribution is -2.13. The smallest absolute Gasteiger partial charge is 0.262 e. The molecule has 2 aromatic carbocycles. The molecule has 6 heteroatoms. The van der Waals surface area contributed by atoms with Crippen LogP contribution in [-0.2, 0) is 10.0 Å². The van der Waals surface area contributed by atoms with Crippen molar-refractivity contribution in [1.82, 2.24) is 0 Å². The average Bonchev–Trinajstić information content (AvgIpc) is 2.42. The van der Waals surface area contributed by atoms with Crippen molar-refractivity contribution in [2.24, 2.45) is 0 Å². The zero-order valence-electron chi connectivity index (χ0n) is 12.5. The fourth-order valence-electron chi connectivity index (χ4n) is 2.05. The summed E-state index contributed by atoms with van der Waals surface area (Å²) < 4.78 is 27.0. The molecule has 0 aliphatic heterocycles. The summed E-state index contributed by atoms with van der Waals surface area (Å²) in [5.41, 5.74) is 1.69. The number of carbonyl (C=O) groups is 1. The first kappa shape index (κ1) is 16.0. The predicted molar refractivity (Wildman–Crippen MR) is 84.8 cm³/mol. The van der Waals surface area contributed by atoms with E-state index >= 15 is 0 Å². The van der Waals surface area contributed by atoms with E-state index in [0.717, 1.165) is 5.56 Å². The third-order valence-electron chi connectivity index (χ3n) is 3.21. The molecule has 2 aromatic rings. The van der Waals surface area contributed by atoms with E-state index in [1.807, 2.05) is 6.92 Å². The second-order valence-corrected chi connectivity index (χ2v) is 6.87. The van der Waals surface area contributed by atoms with Crippen molar-refractivity contribution in [3.05, 3.63) is 53.1 Å². The van der Waals surface area contributed by atoms with Gasteiger partial charge >= 0.3 is 0 Å². The minimum Gasteiger partial charge on any atom is -0.505 e. The Morgan fingerprint density at radius 1 is 1.05 bits per heavy atom. The van der Waals surface area contributed by atoms with E-state index in [0.29, 0.717) is 5.56 Å². The molecule has 2 N–H and O–H groups in total. The lowest BCUT2D eigenvalue weighted by atomic mass is 10.1. The van der Waals surface area contributed by atoms with Crippen LogP contribution >= 0.6 is 0 Å². The predicted octanol–water partition coefficient (Wildman–Crippen LogP) is 3.01. The lowest BCUT2D eigenvalue weighted by molar-refractivity contribution is 0.101. The zero-order valence-corrected chi connectivity index (χ0v) is 13.4. The number of nitrogens with one attached hydrogen (secondary N) is 1. The Balaban J connectivity index is 2.46. The second-order valence-electron chi connectivity index (χ2n) is 5.18. The Morgan fingerprint density at radius 3 is 2.18 bits per heavy atom. The maximum Gasteiger partial charge on any atom is 0.262 e. The maximum absolute atomic E-state index is 12.4. The molecule has 0 radical (unpaired) electrons. The Bertz CT molecular complexity index is 824. The molecule has 0 saturated heterocycles. The van der Waals surface area contributed by atoms with Crippen LogP contribution in [-0.4, -0.2) is 19.3 Å². The number of aromatic hydroxyl groups is 1. The minimum atomic E-state index is -3.83. The van der Waals surface area contributed by atoms with Gasteiger partial charge in [-0.3, -0.25) is 9.52 Å². The first-order chi connectivity index (χ1) is 10.2. The number of carbonyl (C=O) groups excluding carboxylic acids is 1. The van der Waals surface area contributed by atoms with Crippen LogP contribution in [0.1, 0.15) is 28.4 Å². The Labute approximate surface area is 129 Å². The monoisotopic (exact) mass is 319 g/mol. The van der Waals surface area contributed by atoms with Gasteiger partial charge in [-0.15, -0.1) is 0 Å². The number of anilines is 1. The fourth-order valence-corrected chi connectivity index (χ4v) is 3.10. The molecule has 0 fully saturated rings. The number of hydrogen-bond donors (Lipinski definition) is 2. The molecule has 0 heterocycles. The standard InChI is InChI=1S/C16H17NO4S/c1-10-4-6-13(7-5-10)22(20,21)17-15-9-11(2)8-14(12(3)18)16(15)19/h4-9,17,19H,1-3H3. The summed E-state index contributed by atoms with van der Waals surface area (Å²) in [5, 5.41) is 10.1. The van der Waals surface area contributed by atoms with Crippen LogP contribution < -0.4 is 4.72 Å². The molecule has 22 heavy (non-hydrogen) atoms. The van der Waals surface area contributed by atoms with Gasteiger partial charge in [0.2, 0.25) is 0 Å². The van der Waals surface area contributed by atoms with Crippen LogP contribution in [0.15, 0.2) is 41.3 Å². The normalized spacial score (nSPS) is 11.2. The van der Waals surface area contributed by atoms with Crippen molar-refractivity contribution in [2.45, 2.75) is 25.7 Å². The van der Waals surface area contributed by atoms with Gasteiger partial charge in [0.1, 0.15) is 5.75 Å². The summed E-state index contributed by atoms with van der Waals surface area (Å²) in [6, 6.07) is 9.33. The number of hydrogen-bond acceptors (Lipinski definition) is 4. The quantitative estimate of drug-likeness (QED) is 0.670. The van der Waals surface area contributed by atoms with Gasteiger partial charge in [-0.05, 0) is 50.6 Å². The van der Waals surface area contributed by atoms with Crippen molar-refractivity contribution in [2.75, 3.05) is 4.72 Å². The highest BCUT2D eigenvalue weighted by atomic mass is 32.2. The largest absolute Gasteiger partial charge is 0.505 e. The van der Waals surface area contributed by atoms with Gasteiger partial charge in [0.25, 0.3) is 10.0 Å². The molecule has 0 saturated carbocycles. The van der Waals surface area contributed by atoms with E-state index in [-0.39, 0.29) is 27.7 Å². The molecule has 0 atom stereocenters. The summed E-state index contributed by atoms with van der Waals surface area (Å²) in [7, 11) is -3.83. The highest BCUT2D eigenvalue weighted by molar-refractivity contribution is 7.92. The maximum atomic E-state index is 12.4. The first-order valence-electron chi connectivity index (χ1n) is 6.65. The number of aryl methyl sites for hydroxylation is 2. The van der Waals surface area contributed by atoms with Gasteiger partial charge < -0.3 is 5.11 Å². The number of rotatable bonds is 4. The van der Waals surface area contributed by atoms with Crippen molar-refractivity contribution in [3.8, 4) is 5.75 Å². The number of Topliss-reactive ketones (excluding diaryl/α,β-unsaturated/α-hetero) is 1.